The van der Waals surface area contributed by atoms with Gasteiger partial charge in [0.05, 0.1) is 6.54 Å². The Morgan fingerprint density at radius 3 is 2.58 bits per heavy atom. The van der Waals surface area contributed by atoms with Gasteiger partial charge >= 0.3 is 0 Å². The highest BCUT2D eigenvalue weighted by Gasteiger charge is 2.22. The van der Waals surface area contributed by atoms with Gasteiger partial charge in [-0.2, -0.15) is 0 Å². The van der Waals surface area contributed by atoms with Crippen LogP contribution in [0.4, 0.5) is 0 Å². The first kappa shape index (κ1) is 11.4. The van der Waals surface area contributed by atoms with Crippen LogP contribution in [0, 0.1) is 0 Å². The minimum Gasteiger partial charge on any atom is -0.396 e. The van der Waals surface area contributed by atoms with Crippen molar-refractivity contribution in [3.8, 4) is 0 Å². The normalized spacial score (nSPS) is 15.3. The van der Waals surface area contributed by atoms with Crippen molar-refractivity contribution in [1.29, 1.82) is 0 Å². The lowest BCUT2D eigenvalue weighted by molar-refractivity contribution is -0.121. The summed E-state index contributed by atoms with van der Waals surface area (Å²) in [6, 6.07) is 0. The van der Waals surface area contributed by atoms with Gasteiger partial charge < -0.3 is 16.2 Å². The standard InChI is InChI=1S/C8H18N2O2/c1-3-8(2,4-5-11)10-7(12)6-9/h11H,3-6,9H2,1-2H3,(H,10,12). The Kier molecular flexibility index (Phi) is 4.85. The van der Waals surface area contributed by atoms with Gasteiger partial charge in [-0.1, -0.05) is 6.92 Å². The van der Waals surface area contributed by atoms with Crippen molar-refractivity contribution < 1.29 is 9.90 Å². The van der Waals surface area contributed by atoms with E-state index in [9.17, 15) is 4.79 Å². The molecular weight excluding hydrogens is 156 g/mol. The second-order valence-electron chi connectivity index (χ2n) is 3.14. The van der Waals surface area contributed by atoms with Crippen molar-refractivity contribution in [3.63, 3.8) is 0 Å². The smallest absolute Gasteiger partial charge is 0.234 e. The van der Waals surface area contributed by atoms with Crippen molar-refractivity contribution >= 4 is 5.91 Å². The Balaban J connectivity index is 4.03. The summed E-state index contributed by atoms with van der Waals surface area (Å²) in [5.41, 5.74) is 4.84. The third-order valence-electron chi connectivity index (χ3n) is 2.07. The third kappa shape index (κ3) is 3.69. The van der Waals surface area contributed by atoms with Crippen LogP contribution in [0.15, 0.2) is 0 Å². The summed E-state index contributed by atoms with van der Waals surface area (Å²) in [7, 11) is 0. The molecule has 1 atom stereocenters. The van der Waals surface area contributed by atoms with Crippen molar-refractivity contribution in [3.05, 3.63) is 0 Å². The SMILES string of the molecule is CCC(C)(CCO)NC(=O)CN. The summed E-state index contributed by atoms with van der Waals surface area (Å²) in [6.07, 6.45) is 1.36. The summed E-state index contributed by atoms with van der Waals surface area (Å²) in [4.78, 5) is 10.9. The van der Waals surface area contributed by atoms with Crippen molar-refractivity contribution in [1.82, 2.24) is 5.32 Å². The maximum absolute atomic E-state index is 10.9. The van der Waals surface area contributed by atoms with Gasteiger partial charge in [-0.25, -0.2) is 0 Å². The molecule has 0 aliphatic carbocycles. The highest BCUT2D eigenvalue weighted by atomic mass is 16.3. The molecule has 4 heteroatoms. The predicted molar refractivity (Wildman–Crippen MR) is 47.6 cm³/mol. The van der Waals surface area contributed by atoms with E-state index in [1.54, 1.807) is 0 Å². The number of hydrogen-bond donors (Lipinski definition) is 3. The Hall–Kier alpha value is -0.610. The molecule has 0 aromatic carbocycles. The minimum absolute atomic E-state index is 0.00101. The summed E-state index contributed by atoms with van der Waals surface area (Å²) in [6.45, 7) is 3.94. The quantitative estimate of drug-likeness (QED) is 0.531. The lowest BCUT2D eigenvalue weighted by atomic mass is 9.95. The predicted octanol–water partition coefficient (Wildman–Crippen LogP) is -0.388. The van der Waals surface area contributed by atoms with Gasteiger partial charge in [0.1, 0.15) is 0 Å². The van der Waals surface area contributed by atoms with E-state index in [0.29, 0.717) is 6.42 Å². The Morgan fingerprint density at radius 2 is 2.25 bits per heavy atom. The van der Waals surface area contributed by atoms with Gasteiger partial charge in [0.15, 0.2) is 0 Å². The highest BCUT2D eigenvalue weighted by Crippen LogP contribution is 2.12. The molecule has 72 valence electrons. The fourth-order valence-corrected chi connectivity index (χ4v) is 0.962. The van der Waals surface area contributed by atoms with Crippen LogP contribution in [0.3, 0.4) is 0 Å². The van der Waals surface area contributed by atoms with Crippen LogP contribution >= 0.6 is 0 Å². The fraction of sp³-hybridized carbons (Fsp3) is 0.875. The summed E-state index contributed by atoms with van der Waals surface area (Å²) >= 11 is 0. The van der Waals surface area contributed by atoms with Crippen LogP contribution in [0.2, 0.25) is 0 Å². The molecular formula is C8H18N2O2. The molecule has 0 aliphatic heterocycles. The molecule has 12 heavy (non-hydrogen) atoms. The third-order valence-corrected chi connectivity index (χ3v) is 2.07. The number of aliphatic hydroxyl groups excluding tert-OH is 1. The Bertz CT molecular complexity index is 150. The van der Waals surface area contributed by atoms with E-state index in [1.807, 2.05) is 13.8 Å². The number of nitrogens with one attached hydrogen (secondary N) is 1. The van der Waals surface area contributed by atoms with Gasteiger partial charge in [0, 0.05) is 12.1 Å². The topological polar surface area (TPSA) is 75.3 Å². The number of aliphatic hydroxyl groups is 1. The zero-order valence-electron chi connectivity index (χ0n) is 7.76. The van der Waals surface area contributed by atoms with E-state index in [2.05, 4.69) is 5.32 Å². The molecule has 4 nitrogen and oxygen atoms in total. The molecule has 0 bridgehead atoms. The number of nitrogens with two attached hydrogens (primary N) is 1. The zero-order valence-corrected chi connectivity index (χ0v) is 7.76. The largest absolute Gasteiger partial charge is 0.396 e. The van der Waals surface area contributed by atoms with Crippen molar-refractivity contribution in [2.75, 3.05) is 13.2 Å². The van der Waals surface area contributed by atoms with Gasteiger partial charge in [-0.3, -0.25) is 4.79 Å². The van der Waals surface area contributed by atoms with Crippen LogP contribution in [0.25, 0.3) is 0 Å². The molecule has 0 heterocycles. The first-order valence-electron chi connectivity index (χ1n) is 4.20. The maximum atomic E-state index is 10.9. The van der Waals surface area contributed by atoms with Gasteiger partial charge in [0.25, 0.3) is 0 Å². The van der Waals surface area contributed by atoms with Gasteiger partial charge in [0.2, 0.25) is 5.91 Å². The van der Waals surface area contributed by atoms with Crippen LogP contribution in [-0.4, -0.2) is 29.7 Å². The average Bonchev–Trinajstić information content (AvgIpc) is 2.05. The molecule has 1 amide bonds. The van der Waals surface area contributed by atoms with E-state index in [0.717, 1.165) is 6.42 Å². The monoisotopic (exact) mass is 174 g/mol. The molecule has 0 aromatic rings. The van der Waals surface area contributed by atoms with Gasteiger partial charge in [-0.05, 0) is 19.8 Å². The summed E-state index contributed by atoms with van der Waals surface area (Å²) in [5, 5.41) is 11.5. The maximum Gasteiger partial charge on any atom is 0.234 e. The van der Waals surface area contributed by atoms with Crippen molar-refractivity contribution in [2.24, 2.45) is 5.73 Å². The van der Waals surface area contributed by atoms with E-state index in [1.165, 1.54) is 0 Å². The zero-order chi connectivity index (χ0) is 9.61. The number of amides is 1. The molecule has 4 N–H and O–H groups in total. The minimum atomic E-state index is -0.314. The lowest BCUT2D eigenvalue weighted by Crippen LogP contribution is -2.48. The number of hydrogen-bond acceptors (Lipinski definition) is 3. The summed E-state index contributed by atoms with van der Waals surface area (Å²) < 4.78 is 0. The number of carbonyl (C=O) groups excluding carboxylic acids is 1. The molecule has 0 aromatic heterocycles. The summed E-state index contributed by atoms with van der Waals surface area (Å²) in [5.74, 6) is -0.173. The van der Waals surface area contributed by atoms with Crippen molar-refractivity contribution in [2.45, 2.75) is 32.2 Å². The Labute approximate surface area is 73.1 Å². The molecule has 0 aliphatic rings. The van der Waals surface area contributed by atoms with Gasteiger partial charge in [-0.15, -0.1) is 0 Å². The van der Waals surface area contributed by atoms with Crippen LogP contribution in [0.1, 0.15) is 26.7 Å². The van der Waals surface area contributed by atoms with E-state index in [-0.39, 0.29) is 24.6 Å². The molecule has 0 spiro atoms. The second kappa shape index (κ2) is 5.11. The van der Waals surface area contributed by atoms with Crippen LogP contribution in [-0.2, 0) is 4.79 Å². The van der Waals surface area contributed by atoms with E-state index < -0.39 is 0 Å². The van der Waals surface area contributed by atoms with E-state index in [4.69, 9.17) is 10.8 Å². The molecule has 1 unspecified atom stereocenters. The average molecular weight is 174 g/mol. The Morgan fingerprint density at radius 1 is 1.67 bits per heavy atom. The lowest BCUT2D eigenvalue weighted by Gasteiger charge is -2.28. The molecule has 0 rings (SSSR count). The fourth-order valence-electron chi connectivity index (χ4n) is 0.962. The number of carbonyl (C=O) groups is 1. The molecule has 0 saturated carbocycles. The number of rotatable bonds is 5. The first-order chi connectivity index (χ1) is 5.58. The van der Waals surface area contributed by atoms with E-state index >= 15 is 0 Å². The first-order valence-corrected chi connectivity index (χ1v) is 4.20. The molecule has 0 saturated heterocycles. The second-order valence-corrected chi connectivity index (χ2v) is 3.14. The van der Waals surface area contributed by atoms with Crippen LogP contribution in [0.5, 0.6) is 0 Å². The molecule has 0 radical (unpaired) electrons. The molecule has 0 fully saturated rings. The highest BCUT2D eigenvalue weighted by molar-refractivity contribution is 5.78. The van der Waals surface area contributed by atoms with Crippen LogP contribution < -0.4 is 11.1 Å².